The molecule has 0 aliphatic heterocycles. The summed E-state index contributed by atoms with van der Waals surface area (Å²) in [6.45, 7) is -0.125. The van der Waals surface area contributed by atoms with Crippen LogP contribution in [0, 0.1) is 0 Å². The number of carbonyl (C=O) groups is 1. The van der Waals surface area contributed by atoms with Crippen LogP contribution in [-0.2, 0) is 21.2 Å². The molecule has 3 aromatic rings. The third kappa shape index (κ3) is 3.84. The van der Waals surface area contributed by atoms with Gasteiger partial charge in [-0.25, -0.2) is 8.42 Å². The van der Waals surface area contributed by atoms with Crippen molar-refractivity contribution in [2.45, 2.75) is 11.4 Å². The number of nitrogens with one attached hydrogen (secondary N) is 1. The molecule has 10 heteroatoms. The maximum absolute atomic E-state index is 12.1. The lowest BCUT2D eigenvalue weighted by atomic mass is 10.3. The van der Waals surface area contributed by atoms with Gasteiger partial charge >= 0.3 is 0 Å². The number of benzene rings is 1. The van der Waals surface area contributed by atoms with E-state index in [4.69, 9.17) is 0 Å². The van der Waals surface area contributed by atoms with Crippen LogP contribution in [0.25, 0.3) is 11.4 Å². The van der Waals surface area contributed by atoms with E-state index in [9.17, 15) is 13.2 Å². The fraction of sp³-hybridized carbons (Fsp3) is 0.143. The van der Waals surface area contributed by atoms with E-state index >= 15 is 0 Å². The van der Waals surface area contributed by atoms with Crippen LogP contribution in [-0.4, -0.2) is 40.8 Å². The molecule has 0 aliphatic carbocycles. The average Bonchev–Trinajstić information content (AvgIpc) is 3.17. The third-order valence-electron chi connectivity index (χ3n) is 3.06. The van der Waals surface area contributed by atoms with E-state index in [2.05, 4.69) is 20.7 Å². The Labute approximate surface area is 142 Å². The third-order valence-corrected chi connectivity index (χ3v) is 4.86. The summed E-state index contributed by atoms with van der Waals surface area (Å²) in [5.74, 6) is 0.0676. The fourth-order valence-electron chi connectivity index (χ4n) is 1.95. The van der Waals surface area contributed by atoms with Gasteiger partial charge < -0.3 is 5.32 Å². The van der Waals surface area contributed by atoms with Crippen LogP contribution >= 0.6 is 11.3 Å². The van der Waals surface area contributed by atoms with Gasteiger partial charge in [0, 0.05) is 22.9 Å². The molecule has 0 saturated heterocycles. The first-order valence-electron chi connectivity index (χ1n) is 6.82. The molecule has 1 amide bonds. The molecule has 0 aliphatic rings. The topological polar surface area (TPSA) is 107 Å². The highest BCUT2D eigenvalue weighted by atomic mass is 32.2. The van der Waals surface area contributed by atoms with Crippen molar-refractivity contribution in [3.63, 3.8) is 0 Å². The summed E-state index contributed by atoms with van der Waals surface area (Å²) in [5.41, 5.74) is 1.23. The maximum Gasteiger partial charge on any atom is 0.248 e. The lowest BCUT2D eigenvalue weighted by molar-refractivity contribution is -0.117. The zero-order chi connectivity index (χ0) is 17.2. The van der Waals surface area contributed by atoms with Gasteiger partial charge in [0.25, 0.3) is 0 Å². The largest absolute Gasteiger partial charge is 0.324 e. The summed E-state index contributed by atoms with van der Waals surface area (Å²) < 4.78 is 23.1. The highest BCUT2D eigenvalue weighted by molar-refractivity contribution is 7.90. The second-order valence-corrected chi connectivity index (χ2v) is 7.80. The van der Waals surface area contributed by atoms with Crippen LogP contribution in [0.4, 0.5) is 5.69 Å². The number of amides is 1. The Morgan fingerprint density at radius 2 is 2.17 bits per heavy atom. The number of carbonyl (C=O) groups excluding carboxylic acids is 1. The van der Waals surface area contributed by atoms with Crippen LogP contribution in [0.1, 0.15) is 0 Å². The molecule has 0 atom stereocenters. The number of aromatic nitrogens is 4. The van der Waals surface area contributed by atoms with E-state index in [1.807, 2.05) is 16.8 Å². The lowest BCUT2D eigenvalue weighted by Gasteiger charge is -2.06. The molecule has 1 aromatic carbocycles. The maximum atomic E-state index is 12.1. The van der Waals surface area contributed by atoms with Crippen LogP contribution in [0.3, 0.4) is 0 Å². The minimum Gasteiger partial charge on any atom is -0.324 e. The van der Waals surface area contributed by atoms with Gasteiger partial charge in [0.15, 0.2) is 9.84 Å². The van der Waals surface area contributed by atoms with Gasteiger partial charge in [-0.15, -0.1) is 10.2 Å². The Morgan fingerprint density at radius 3 is 2.88 bits per heavy atom. The molecule has 0 unspecified atom stereocenters. The smallest absolute Gasteiger partial charge is 0.248 e. The van der Waals surface area contributed by atoms with E-state index in [0.29, 0.717) is 11.5 Å². The van der Waals surface area contributed by atoms with Crippen molar-refractivity contribution < 1.29 is 13.2 Å². The molecule has 2 heterocycles. The van der Waals surface area contributed by atoms with Crippen LogP contribution < -0.4 is 5.32 Å². The number of anilines is 1. The number of sulfone groups is 1. The molecule has 0 saturated carbocycles. The second-order valence-electron chi connectivity index (χ2n) is 5.00. The number of hydrogen-bond donors (Lipinski definition) is 1. The van der Waals surface area contributed by atoms with E-state index in [1.54, 1.807) is 12.1 Å². The van der Waals surface area contributed by atoms with Gasteiger partial charge in [-0.05, 0) is 34.9 Å². The van der Waals surface area contributed by atoms with Gasteiger partial charge in [-0.3, -0.25) is 4.79 Å². The summed E-state index contributed by atoms with van der Waals surface area (Å²) >= 11 is 1.52. The first-order valence-corrected chi connectivity index (χ1v) is 9.65. The SMILES string of the molecule is CS(=O)(=O)c1cccc(NC(=O)Cn2nnc(-c3ccsc3)n2)c1. The molecule has 0 fully saturated rings. The molecule has 8 nitrogen and oxygen atoms in total. The van der Waals surface area contributed by atoms with Crippen molar-refractivity contribution in [2.24, 2.45) is 0 Å². The summed E-state index contributed by atoms with van der Waals surface area (Å²) in [5, 5.41) is 18.3. The molecule has 3 rings (SSSR count). The van der Waals surface area contributed by atoms with Crippen molar-refractivity contribution in [3.8, 4) is 11.4 Å². The Kier molecular flexibility index (Phi) is 4.40. The van der Waals surface area contributed by atoms with Gasteiger partial charge in [0.05, 0.1) is 4.90 Å². The van der Waals surface area contributed by atoms with E-state index < -0.39 is 9.84 Å². The normalized spacial score (nSPS) is 11.4. The first-order chi connectivity index (χ1) is 11.4. The van der Waals surface area contributed by atoms with Crippen LogP contribution in [0.5, 0.6) is 0 Å². The van der Waals surface area contributed by atoms with Gasteiger partial charge in [0.1, 0.15) is 6.54 Å². The number of hydrogen-bond acceptors (Lipinski definition) is 7. The van der Waals surface area contributed by atoms with Gasteiger partial charge in [-0.1, -0.05) is 6.07 Å². The highest BCUT2D eigenvalue weighted by Gasteiger charge is 2.11. The fourth-order valence-corrected chi connectivity index (χ4v) is 3.25. The van der Waals surface area contributed by atoms with Crippen molar-refractivity contribution in [2.75, 3.05) is 11.6 Å². The van der Waals surface area contributed by atoms with E-state index in [-0.39, 0.29) is 17.3 Å². The Balaban J connectivity index is 1.68. The quantitative estimate of drug-likeness (QED) is 0.735. The highest BCUT2D eigenvalue weighted by Crippen LogP contribution is 2.17. The van der Waals surface area contributed by atoms with Gasteiger partial charge in [-0.2, -0.15) is 16.1 Å². The number of thiophene rings is 1. The minimum absolute atomic E-state index is 0.125. The second kappa shape index (κ2) is 6.49. The molecular weight excluding hydrogens is 350 g/mol. The summed E-state index contributed by atoms with van der Waals surface area (Å²) in [6.07, 6.45) is 1.11. The molecule has 24 heavy (non-hydrogen) atoms. The zero-order valence-electron chi connectivity index (χ0n) is 12.6. The molecule has 2 aromatic heterocycles. The first kappa shape index (κ1) is 16.3. The molecule has 124 valence electrons. The summed E-state index contributed by atoms with van der Waals surface area (Å²) in [7, 11) is -3.33. The molecule has 0 bridgehead atoms. The number of tetrazole rings is 1. The lowest BCUT2D eigenvalue weighted by Crippen LogP contribution is -2.20. The monoisotopic (exact) mass is 363 g/mol. The van der Waals surface area contributed by atoms with Gasteiger partial charge in [0.2, 0.25) is 11.7 Å². The summed E-state index contributed by atoms with van der Waals surface area (Å²) in [4.78, 5) is 13.4. The predicted octanol–water partition coefficient (Wildman–Crippen LogP) is 1.44. The van der Waals surface area contributed by atoms with Crippen molar-refractivity contribution >= 4 is 32.8 Å². The predicted molar refractivity (Wildman–Crippen MR) is 89.3 cm³/mol. The van der Waals surface area contributed by atoms with E-state index in [1.165, 1.54) is 28.3 Å². The molecule has 0 spiro atoms. The molecule has 0 radical (unpaired) electrons. The Bertz CT molecular complexity index is 964. The Morgan fingerprint density at radius 1 is 1.33 bits per heavy atom. The molecule has 1 N–H and O–H groups in total. The summed E-state index contributed by atoms with van der Waals surface area (Å²) in [6, 6.07) is 7.91. The number of rotatable bonds is 5. The Hall–Kier alpha value is -2.59. The van der Waals surface area contributed by atoms with E-state index in [0.717, 1.165) is 11.8 Å². The average molecular weight is 363 g/mol. The zero-order valence-corrected chi connectivity index (χ0v) is 14.2. The minimum atomic E-state index is -3.33. The standard InChI is InChI=1S/C14H13N5O3S2/c1-24(21,22)12-4-2-3-11(7-12)15-13(20)8-19-17-14(16-18-19)10-5-6-23-9-10/h2-7,9H,8H2,1H3,(H,15,20). The van der Waals surface area contributed by atoms with Crippen molar-refractivity contribution in [3.05, 3.63) is 41.1 Å². The molecular formula is C14H13N5O3S2. The van der Waals surface area contributed by atoms with Crippen molar-refractivity contribution in [1.82, 2.24) is 20.2 Å². The van der Waals surface area contributed by atoms with Crippen LogP contribution in [0.15, 0.2) is 46.0 Å². The van der Waals surface area contributed by atoms with Crippen molar-refractivity contribution in [1.29, 1.82) is 0 Å². The van der Waals surface area contributed by atoms with Crippen LogP contribution in [0.2, 0.25) is 0 Å². The number of nitrogens with zero attached hydrogens (tertiary/aromatic N) is 4.